The minimum Gasteiger partial charge on any atom is -0.310 e. The van der Waals surface area contributed by atoms with Crippen molar-refractivity contribution in [3.05, 3.63) is 174 Å². The highest BCUT2D eigenvalue weighted by atomic mass is 15.0. The molecule has 7 aromatic carbocycles. The average molecular weight is 636 g/mol. The Morgan fingerprint density at radius 1 is 0.500 bits per heavy atom. The summed E-state index contributed by atoms with van der Waals surface area (Å²) in [5.74, 6) is 0. The summed E-state index contributed by atoms with van der Waals surface area (Å²) in [6, 6.07) is 55.5. The molecule has 0 saturated carbocycles. The van der Waals surface area contributed by atoms with Crippen LogP contribution in [0, 0.1) is 29.2 Å². The maximum Gasteiger partial charge on any atom is 0.198 e. The number of hydrogen-bond donors (Lipinski definition) is 0. The van der Waals surface area contributed by atoms with Crippen molar-refractivity contribution >= 4 is 49.3 Å². The smallest absolute Gasteiger partial charge is 0.198 e. The van der Waals surface area contributed by atoms with Gasteiger partial charge < -0.3 is 9.13 Å². The molecule has 2 aromatic heterocycles. The van der Waals surface area contributed by atoms with Gasteiger partial charge in [-0.15, -0.1) is 0 Å². The van der Waals surface area contributed by atoms with Crippen LogP contribution in [-0.2, 0) is 0 Å². The van der Waals surface area contributed by atoms with E-state index in [1.807, 2.05) is 60.7 Å². The Hall–Kier alpha value is -7.39. The Labute approximate surface area is 288 Å². The molecule has 0 aliphatic rings. The van der Waals surface area contributed by atoms with Crippen molar-refractivity contribution in [3.8, 4) is 45.8 Å². The molecule has 0 N–H and O–H groups in total. The van der Waals surface area contributed by atoms with Gasteiger partial charge in [0.2, 0.25) is 0 Å². The molecule has 0 atom stereocenters. The second-order valence-electron chi connectivity index (χ2n) is 12.3. The zero-order valence-corrected chi connectivity index (χ0v) is 26.7. The van der Waals surface area contributed by atoms with E-state index in [0.29, 0.717) is 22.4 Å². The molecule has 0 aliphatic carbocycles. The molecule has 0 fully saturated rings. The lowest BCUT2D eigenvalue weighted by Crippen LogP contribution is -1.97. The highest BCUT2D eigenvalue weighted by Crippen LogP contribution is 2.41. The molecule has 5 heteroatoms. The van der Waals surface area contributed by atoms with E-state index in [-0.39, 0.29) is 0 Å². The van der Waals surface area contributed by atoms with Crippen molar-refractivity contribution in [2.24, 2.45) is 0 Å². The van der Waals surface area contributed by atoms with Crippen molar-refractivity contribution in [2.75, 3.05) is 0 Å². The number of rotatable bonds is 4. The normalized spacial score (nSPS) is 11.1. The highest BCUT2D eigenvalue weighted by molar-refractivity contribution is 6.11. The topological polar surface area (TPSA) is 61.8 Å². The van der Waals surface area contributed by atoms with E-state index in [0.717, 1.165) is 60.9 Å². The second kappa shape index (κ2) is 11.4. The first-order valence-corrected chi connectivity index (χ1v) is 16.3. The van der Waals surface area contributed by atoms with E-state index in [2.05, 4.69) is 111 Å². The molecule has 50 heavy (non-hydrogen) atoms. The standard InChI is InChI=1S/C45H25N5/c1-48-39-26-33(49-41-15-7-5-13-37(41)38-24-29(27-46)18-23-44(38)49)25-32(28-47)45(39)31-21-19-30(20-22-31)34-10-2-6-14-40(34)50-42-16-8-3-11-35(42)36-12-4-9-17-43(36)50/h2-26H. The molecular formula is C45H25N5. The minimum absolute atomic E-state index is 0.400. The number of hydrogen-bond acceptors (Lipinski definition) is 2. The first kappa shape index (κ1) is 28.8. The summed E-state index contributed by atoms with van der Waals surface area (Å²) in [5, 5.41) is 24.4. The van der Waals surface area contributed by atoms with E-state index in [1.165, 1.54) is 10.8 Å². The first-order chi connectivity index (χ1) is 24.7. The van der Waals surface area contributed by atoms with Crippen LogP contribution in [0.25, 0.3) is 82.1 Å². The summed E-state index contributed by atoms with van der Waals surface area (Å²) in [6.45, 7) is 8.19. The lowest BCUT2D eigenvalue weighted by atomic mass is 9.95. The fourth-order valence-electron chi connectivity index (χ4n) is 7.45. The Morgan fingerprint density at radius 3 is 1.70 bits per heavy atom. The number of aromatic nitrogens is 2. The van der Waals surface area contributed by atoms with Gasteiger partial charge in [0.1, 0.15) is 0 Å². The van der Waals surface area contributed by atoms with Crippen molar-refractivity contribution in [3.63, 3.8) is 0 Å². The Bertz CT molecular complexity index is 2870. The second-order valence-corrected chi connectivity index (χ2v) is 12.3. The molecule has 0 spiro atoms. The van der Waals surface area contributed by atoms with Crippen molar-refractivity contribution in [2.45, 2.75) is 0 Å². The van der Waals surface area contributed by atoms with Crippen LogP contribution in [-0.4, -0.2) is 9.13 Å². The predicted octanol–water partition coefficient (Wildman–Crippen LogP) is 11.5. The summed E-state index contributed by atoms with van der Waals surface area (Å²) in [7, 11) is 0. The first-order valence-electron chi connectivity index (χ1n) is 16.3. The van der Waals surface area contributed by atoms with Gasteiger partial charge in [0.15, 0.2) is 5.69 Å². The molecule has 0 aliphatic heterocycles. The zero-order valence-electron chi connectivity index (χ0n) is 26.7. The number of nitrogens with zero attached hydrogens (tertiary/aromatic N) is 5. The maximum atomic E-state index is 10.5. The molecular weight excluding hydrogens is 611 g/mol. The Kier molecular flexibility index (Phi) is 6.56. The third-order valence-electron chi connectivity index (χ3n) is 9.61. The zero-order chi connectivity index (χ0) is 33.8. The van der Waals surface area contributed by atoms with Gasteiger partial charge in [0.05, 0.1) is 57.6 Å². The molecule has 0 radical (unpaired) electrons. The molecule has 9 rings (SSSR count). The van der Waals surface area contributed by atoms with Gasteiger partial charge >= 0.3 is 0 Å². The fourth-order valence-corrected chi connectivity index (χ4v) is 7.45. The van der Waals surface area contributed by atoms with E-state index in [4.69, 9.17) is 6.57 Å². The van der Waals surface area contributed by atoms with Gasteiger partial charge in [-0.3, -0.25) is 0 Å². The molecule has 2 heterocycles. The molecule has 0 unspecified atom stereocenters. The van der Waals surface area contributed by atoms with Crippen molar-refractivity contribution < 1.29 is 0 Å². The third-order valence-corrected chi connectivity index (χ3v) is 9.61. The molecule has 0 saturated heterocycles. The van der Waals surface area contributed by atoms with Crippen LogP contribution in [0.3, 0.4) is 0 Å². The molecule has 0 amide bonds. The lowest BCUT2D eigenvalue weighted by molar-refractivity contribution is 1.18. The molecule has 9 aromatic rings. The molecule has 230 valence electrons. The summed E-state index contributed by atoms with van der Waals surface area (Å²) in [5.41, 5.74) is 10.9. The van der Waals surface area contributed by atoms with Gasteiger partial charge in [0, 0.05) is 38.4 Å². The Balaban J connectivity index is 1.18. The van der Waals surface area contributed by atoms with Crippen LogP contribution in [0.4, 0.5) is 5.69 Å². The summed E-state index contributed by atoms with van der Waals surface area (Å²) < 4.78 is 4.40. The minimum atomic E-state index is 0.400. The number of fused-ring (bicyclic) bond motifs is 6. The quantitative estimate of drug-likeness (QED) is 0.181. The van der Waals surface area contributed by atoms with E-state index in [1.54, 1.807) is 6.07 Å². The van der Waals surface area contributed by atoms with Crippen molar-refractivity contribution in [1.82, 2.24) is 9.13 Å². The fraction of sp³-hybridized carbons (Fsp3) is 0. The number of nitriles is 2. The SMILES string of the molecule is [C-]#[N+]c1cc(-n2c3ccccc3c3cc(C#N)ccc32)cc(C#N)c1-c1ccc(-c2ccccc2-n2c3ccccc3c3ccccc32)cc1. The van der Waals surface area contributed by atoms with Crippen molar-refractivity contribution in [1.29, 1.82) is 10.5 Å². The number of benzene rings is 7. The van der Waals surface area contributed by atoms with Crippen LogP contribution in [0.2, 0.25) is 0 Å². The average Bonchev–Trinajstić information content (AvgIpc) is 3.70. The van der Waals surface area contributed by atoms with Crippen LogP contribution < -0.4 is 0 Å². The van der Waals surface area contributed by atoms with Crippen LogP contribution in [0.15, 0.2) is 152 Å². The maximum absolute atomic E-state index is 10.5. The van der Waals surface area contributed by atoms with Gasteiger partial charge in [-0.05, 0) is 65.7 Å². The van der Waals surface area contributed by atoms with Gasteiger partial charge in [0.25, 0.3) is 0 Å². The predicted molar refractivity (Wildman–Crippen MR) is 202 cm³/mol. The highest BCUT2D eigenvalue weighted by Gasteiger charge is 2.19. The van der Waals surface area contributed by atoms with E-state index >= 15 is 0 Å². The van der Waals surface area contributed by atoms with Gasteiger partial charge in [-0.25, -0.2) is 4.85 Å². The monoisotopic (exact) mass is 635 g/mol. The largest absolute Gasteiger partial charge is 0.310 e. The van der Waals surface area contributed by atoms with Crippen LogP contribution >= 0.6 is 0 Å². The van der Waals surface area contributed by atoms with E-state index in [9.17, 15) is 10.5 Å². The summed E-state index contributed by atoms with van der Waals surface area (Å²) in [6.07, 6.45) is 0. The third kappa shape index (κ3) is 4.31. The summed E-state index contributed by atoms with van der Waals surface area (Å²) in [4.78, 5) is 3.94. The lowest BCUT2D eigenvalue weighted by Gasteiger charge is -2.16. The molecule has 5 nitrogen and oxygen atoms in total. The van der Waals surface area contributed by atoms with Crippen LogP contribution in [0.1, 0.15) is 11.1 Å². The molecule has 0 bridgehead atoms. The van der Waals surface area contributed by atoms with Crippen LogP contribution in [0.5, 0.6) is 0 Å². The van der Waals surface area contributed by atoms with Gasteiger partial charge in [-0.1, -0.05) is 97.1 Å². The van der Waals surface area contributed by atoms with Gasteiger partial charge in [-0.2, -0.15) is 10.5 Å². The Morgan fingerprint density at radius 2 is 1.06 bits per heavy atom. The number of para-hydroxylation sites is 4. The summed E-state index contributed by atoms with van der Waals surface area (Å²) >= 11 is 0. The van der Waals surface area contributed by atoms with E-state index < -0.39 is 0 Å².